The van der Waals surface area contributed by atoms with E-state index in [1.165, 1.54) is 16.8 Å². The second-order valence-electron chi connectivity index (χ2n) is 11.2. The molecule has 2 bridgehead atoms. The number of amides is 2. The SMILES string of the molecule is CC1=NO[C@]2(CCC(C)N3C[C@H]2n2cc(C(=O)NCc4ccc(F)cc4F)c(=O)c(OCc4ccccc4)c2C3=O)C1O. The van der Waals surface area contributed by atoms with Crippen molar-refractivity contribution >= 4 is 17.5 Å². The minimum atomic E-state index is -1.26. The van der Waals surface area contributed by atoms with Crippen molar-refractivity contribution in [2.45, 2.75) is 63.6 Å². The molecule has 1 spiro atoms. The average molecular weight is 593 g/mol. The molecule has 43 heavy (non-hydrogen) atoms. The Kier molecular flexibility index (Phi) is 7.25. The number of fused-ring (bicyclic) bond motifs is 5. The molecule has 12 heteroatoms. The number of aliphatic hydroxyl groups excluding tert-OH is 1. The van der Waals surface area contributed by atoms with E-state index in [2.05, 4.69) is 10.5 Å². The third-order valence-electron chi connectivity index (χ3n) is 8.55. The van der Waals surface area contributed by atoms with Crippen LogP contribution in [0.3, 0.4) is 0 Å². The molecular weight excluding hydrogens is 562 g/mol. The Labute approximate surface area is 245 Å². The zero-order chi connectivity index (χ0) is 30.5. The lowest BCUT2D eigenvalue weighted by molar-refractivity contribution is -0.114. The highest BCUT2D eigenvalue weighted by Crippen LogP contribution is 2.46. The van der Waals surface area contributed by atoms with Gasteiger partial charge in [-0.2, -0.15) is 0 Å². The molecule has 1 saturated heterocycles. The number of nitrogens with one attached hydrogen (secondary N) is 1. The fourth-order valence-electron chi connectivity index (χ4n) is 6.08. The largest absolute Gasteiger partial charge is 0.483 e. The van der Waals surface area contributed by atoms with Gasteiger partial charge < -0.3 is 29.5 Å². The van der Waals surface area contributed by atoms with Crippen LogP contribution < -0.4 is 15.5 Å². The van der Waals surface area contributed by atoms with Gasteiger partial charge in [-0.3, -0.25) is 14.4 Å². The van der Waals surface area contributed by atoms with Crippen molar-refractivity contribution in [2.75, 3.05) is 6.54 Å². The number of aromatic nitrogens is 1. The van der Waals surface area contributed by atoms with E-state index < -0.39 is 46.6 Å². The molecule has 1 aromatic heterocycles. The molecule has 10 nitrogen and oxygen atoms in total. The second kappa shape index (κ2) is 10.9. The highest BCUT2D eigenvalue weighted by molar-refractivity contribution is 5.99. The topological polar surface area (TPSA) is 122 Å². The maximum atomic E-state index is 14.3. The quantitative estimate of drug-likeness (QED) is 0.453. The zero-order valence-corrected chi connectivity index (χ0v) is 23.5. The number of carbonyl (C=O) groups is 2. The lowest BCUT2D eigenvalue weighted by Gasteiger charge is -2.43. The number of halogens is 2. The number of rotatable bonds is 6. The lowest BCUT2D eigenvalue weighted by Crippen LogP contribution is -2.56. The zero-order valence-electron chi connectivity index (χ0n) is 23.5. The summed E-state index contributed by atoms with van der Waals surface area (Å²) < 4.78 is 35.1. The van der Waals surface area contributed by atoms with Gasteiger partial charge in [0.1, 0.15) is 29.9 Å². The number of hydrogen-bond donors (Lipinski definition) is 2. The van der Waals surface area contributed by atoms with Gasteiger partial charge in [0.05, 0.1) is 11.8 Å². The Balaban J connectivity index is 1.47. The van der Waals surface area contributed by atoms with Crippen LogP contribution in [-0.4, -0.2) is 56.4 Å². The highest BCUT2D eigenvalue weighted by Gasteiger charge is 2.58. The van der Waals surface area contributed by atoms with E-state index in [1.807, 2.05) is 13.0 Å². The summed E-state index contributed by atoms with van der Waals surface area (Å²) in [5, 5.41) is 17.9. The Hall–Kier alpha value is -4.58. The number of pyridine rings is 1. The molecule has 3 aliphatic heterocycles. The third-order valence-corrected chi connectivity index (χ3v) is 8.55. The van der Waals surface area contributed by atoms with Crippen molar-refractivity contribution in [3.63, 3.8) is 0 Å². The van der Waals surface area contributed by atoms with Gasteiger partial charge in [0.25, 0.3) is 11.8 Å². The first-order valence-electron chi connectivity index (χ1n) is 14.0. The molecule has 2 N–H and O–H groups in total. The van der Waals surface area contributed by atoms with Gasteiger partial charge in [0, 0.05) is 37.0 Å². The van der Waals surface area contributed by atoms with E-state index in [-0.39, 0.29) is 48.3 Å². The van der Waals surface area contributed by atoms with Crippen LogP contribution in [0.5, 0.6) is 5.75 Å². The van der Waals surface area contributed by atoms with Crippen molar-refractivity contribution in [3.05, 3.63) is 99.0 Å². The van der Waals surface area contributed by atoms with Gasteiger partial charge in [-0.25, -0.2) is 8.78 Å². The van der Waals surface area contributed by atoms with Gasteiger partial charge in [0.2, 0.25) is 5.43 Å². The van der Waals surface area contributed by atoms with Gasteiger partial charge in [-0.05, 0) is 38.3 Å². The maximum Gasteiger partial charge on any atom is 0.274 e. The number of benzene rings is 2. The van der Waals surface area contributed by atoms with Crippen LogP contribution in [0.1, 0.15) is 64.7 Å². The molecule has 3 aromatic rings. The number of ether oxygens (including phenoxy) is 1. The molecule has 4 heterocycles. The molecule has 224 valence electrons. The Bertz CT molecular complexity index is 1690. The van der Waals surface area contributed by atoms with Crippen molar-refractivity contribution in [1.82, 2.24) is 14.8 Å². The van der Waals surface area contributed by atoms with Crippen LogP contribution in [0.25, 0.3) is 0 Å². The average Bonchev–Trinajstić information content (AvgIpc) is 3.20. The predicted molar refractivity (Wildman–Crippen MR) is 151 cm³/mol. The van der Waals surface area contributed by atoms with Gasteiger partial charge >= 0.3 is 0 Å². The monoisotopic (exact) mass is 592 g/mol. The molecule has 0 radical (unpaired) electrons. The Morgan fingerprint density at radius 2 is 1.98 bits per heavy atom. The normalized spacial score (nSPS) is 24.2. The molecule has 1 fully saturated rings. The van der Waals surface area contributed by atoms with Crippen LogP contribution in [0, 0.1) is 11.6 Å². The fraction of sp³-hybridized carbons (Fsp3) is 0.355. The summed E-state index contributed by atoms with van der Waals surface area (Å²) in [6, 6.07) is 11.0. The van der Waals surface area contributed by atoms with Gasteiger partial charge in [0.15, 0.2) is 17.0 Å². The smallest absolute Gasteiger partial charge is 0.274 e. The van der Waals surface area contributed by atoms with Crippen LogP contribution in [-0.2, 0) is 18.0 Å². The summed E-state index contributed by atoms with van der Waals surface area (Å²) in [5.74, 6) is -3.23. The third kappa shape index (κ3) is 4.85. The van der Waals surface area contributed by atoms with E-state index in [4.69, 9.17) is 9.57 Å². The Morgan fingerprint density at radius 3 is 2.67 bits per heavy atom. The van der Waals surface area contributed by atoms with Crippen molar-refractivity contribution < 1.29 is 33.1 Å². The molecule has 4 atom stereocenters. The predicted octanol–water partition coefficient (Wildman–Crippen LogP) is 3.32. The minimum Gasteiger partial charge on any atom is -0.483 e. The molecule has 0 aliphatic carbocycles. The van der Waals surface area contributed by atoms with E-state index in [0.717, 1.165) is 11.6 Å². The lowest BCUT2D eigenvalue weighted by atomic mass is 9.82. The molecule has 0 saturated carbocycles. The summed E-state index contributed by atoms with van der Waals surface area (Å²) in [5.41, 5.74) is -1.38. The first-order valence-corrected chi connectivity index (χ1v) is 14.0. The molecule has 2 aromatic carbocycles. The number of aliphatic hydroxyl groups is 1. The number of oxime groups is 1. The fourth-order valence-corrected chi connectivity index (χ4v) is 6.08. The first kappa shape index (κ1) is 28.5. The summed E-state index contributed by atoms with van der Waals surface area (Å²) in [7, 11) is 0. The number of nitrogens with zero attached hydrogens (tertiary/aromatic N) is 3. The molecule has 2 unspecified atom stereocenters. The van der Waals surface area contributed by atoms with Crippen LogP contribution >= 0.6 is 0 Å². The standard InChI is InChI=1S/C31H30F2N4O6/c1-17-10-11-31(28(39)18(2)35-43-31)24-15-36(17)30(41)25-27(42-16-19-6-4-3-5-7-19)26(38)22(14-37(24)25)29(40)34-13-20-8-9-21(32)12-23(20)33/h3-9,12,14,17,24,28,39H,10-11,13,15-16H2,1-2H3,(H,34,40)/t17?,24-,28?,31+/m1/s1. The number of hydrogen-bond acceptors (Lipinski definition) is 7. The first-order chi connectivity index (χ1) is 20.6. The van der Waals surface area contributed by atoms with Crippen molar-refractivity contribution in [1.29, 1.82) is 0 Å². The summed E-state index contributed by atoms with van der Waals surface area (Å²) in [4.78, 5) is 48.9. The molecule has 3 aliphatic rings. The van der Waals surface area contributed by atoms with Crippen LogP contribution in [0.2, 0.25) is 0 Å². The van der Waals surface area contributed by atoms with E-state index in [1.54, 1.807) is 36.1 Å². The minimum absolute atomic E-state index is 0.0194. The highest BCUT2D eigenvalue weighted by atomic mass is 19.1. The number of carbonyl (C=O) groups excluding carboxylic acids is 2. The van der Waals surface area contributed by atoms with Crippen LogP contribution in [0.4, 0.5) is 8.78 Å². The van der Waals surface area contributed by atoms with Crippen LogP contribution in [0.15, 0.2) is 64.7 Å². The van der Waals surface area contributed by atoms with Gasteiger partial charge in [-0.15, -0.1) is 0 Å². The van der Waals surface area contributed by atoms with E-state index in [0.29, 0.717) is 24.6 Å². The van der Waals surface area contributed by atoms with Crippen molar-refractivity contribution in [3.8, 4) is 5.75 Å². The van der Waals surface area contributed by atoms with Crippen molar-refractivity contribution in [2.24, 2.45) is 5.16 Å². The second-order valence-corrected chi connectivity index (χ2v) is 11.2. The molecule has 6 rings (SSSR count). The molecular formula is C31H30F2N4O6. The maximum absolute atomic E-state index is 14.3. The molecule has 2 amide bonds. The van der Waals surface area contributed by atoms with E-state index >= 15 is 0 Å². The summed E-state index contributed by atoms with van der Waals surface area (Å²) in [6.07, 6.45) is 1.02. The Morgan fingerprint density at radius 1 is 1.21 bits per heavy atom. The van der Waals surface area contributed by atoms with E-state index in [9.17, 15) is 28.3 Å². The summed E-state index contributed by atoms with van der Waals surface area (Å²) in [6.45, 7) is 3.29. The van der Waals surface area contributed by atoms with Gasteiger partial charge in [-0.1, -0.05) is 41.6 Å². The summed E-state index contributed by atoms with van der Waals surface area (Å²) >= 11 is 0.